The summed E-state index contributed by atoms with van der Waals surface area (Å²) in [6.07, 6.45) is 1.85. The Morgan fingerprint density at radius 2 is 1.92 bits per heavy atom. The van der Waals surface area contributed by atoms with Crippen LogP contribution in [0.1, 0.15) is 41.2 Å². The van der Waals surface area contributed by atoms with E-state index in [0.717, 1.165) is 5.56 Å². The minimum Gasteiger partial charge on any atom is -0.378 e. The number of ether oxygens (including phenoxy) is 1. The third kappa shape index (κ3) is 4.85. The maximum atomic E-state index is 13.1. The van der Waals surface area contributed by atoms with Crippen molar-refractivity contribution in [1.29, 1.82) is 5.26 Å². The second kappa shape index (κ2) is 9.78. The molecule has 2 aromatic heterocycles. The van der Waals surface area contributed by atoms with Crippen LogP contribution in [-0.2, 0) is 26.4 Å². The number of aryl methyl sites for hydroxylation is 2. The van der Waals surface area contributed by atoms with Gasteiger partial charge in [-0.3, -0.25) is 9.78 Å². The molecule has 10 nitrogen and oxygen atoms in total. The summed E-state index contributed by atoms with van der Waals surface area (Å²) in [6, 6.07) is 10.9. The highest BCUT2D eigenvalue weighted by molar-refractivity contribution is 7.91. The second-order valence-electron chi connectivity index (χ2n) is 9.97. The van der Waals surface area contributed by atoms with Gasteiger partial charge >= 0.3 is 0 Å². The molecule has 0 unspecified atom stereocenters. The van der Waals surface area contributed by atoms with E-state index in [2.05, 4.69) is 21.4 Å². The van der Waals surface area contributed by atoms with E-state index in [-0.39, 0.29) is 16.6 Å². The molecule has 0 bridgehead atoms. The van der Waals surface area contributed by atoms with Crippen LogP contribution in [0.2, 0.25) is 0 Å². The van der Waals surface area contributed by atoms with Gasteiger partial charge in [-0.25, -0.2) is 18.4 Å². The van der Waals surface area contributed by atoms with Gasteiger partial charge in [0.1, 0.15) is 4.90 Å². The number of benzene rings is 1. The predicted molar refractivity (Wildman–Crippen MR) is 142 cm³/mol. The molecule has 1 saturated heterocycles. The molecule has 0 atom stereocenters. The molecule has 196 valence electrons. The lowest BCUT2D eigenvalue weighted by atomic mass is 9.90. The minimum atomic E-state index is -3.46. The number of nitrogens with one attached hydrogen (secondary N) is 1. The molecule has 2 aliphatic rings. The van der Waals surface area contributed by atoms with Crippen molar-refractivity contribution in [2.75, 3.05) is 42.3 Å². The Morgan fingerprint density at radius 3 is 2.66 bits per heavy atom. The molecule has 0 spiro atoms. The standard InChI is InChI=1S/C27H28N6O4S/c1-17-4-5-19(30-26(34)18-6-8-29-22(14-18)27(2,3)16-28)15-20(17)24-31-21-7-13-38(35,36)23(21)25(32-24)33-9-11-37-12-10-33/h4-6,8,14-15H,7,9-13H2,1-3H3,(H,30,34). The number of sulfone groups is 1. The fourth-order valence-electron chi connectivity index (χ4n) is 4.53. The topological polar surface area (TPSA) is 138 Å². The third-order valence-corrected chi connectivity index (χ3v) is 8.61. The van der Waals surface area contributed by atoms with Crippen molar-refractivity contribution < 1.29 is 17.9 Å². The number of fused-ring (bicyclic) bond motifs is 1. The fourth-order valence-corrected chi connectivity index (χ4v) is 6.16. The first-order valence-corrected chi connectivity index (χ1v) is 14.0. The molecule has 1 aromatic carbocycles. The Hall–Kier alpha value is -3.88. The van der Waals surface area contributed by atoms with E-state index in [1.807, 2.05) is 17.9 Å². The van der Waals surface area contributed by atoms with Crippen LogP contribution in [0.15, 0.2) is 41.4 Å². The zero-order chi connectivity index (χ0) is 27.1. The Balaban J connectivity index is 1.50. The summed E-state index contributed by atoms with van der Waals surface area (Å²) in [4.78, 5) is 28.9. The molecule has 0 aliphatic carbocycles. The van der Waals surface area contributed by atoms with E-state index in [0.29, 0.717) is 72.6 Å². The number of nitriles is 1. The van der Waals surface area contributed by atoms with Gasteiger partial charge in [-0.1, -0.05) is 6.07 Å². The van der Waals surface area contributed by atoms with Gasteiger partial charge in [0.05, 0.1) is 41.8 Å². The van der Waals surface area contributed by atoms with E-state index >= 15 is 0 Å². The molecule has 0 saturated carbocycles. The fraction of sp³-hybridized carbons (Fsp3) is 0.370. The highest BCUT2D eigenvalue weighted by Gasteiger charge is 2.35. The number of morpholine rings is 1. The van der Waals surface area contributed by atoms with Gasteiger partial charge in [-0.15, -0.1) is 0 Å². The first-order valence-electron chi connectivity index (χ1n) is 12.4. The van der Waals surface area contributed by atoms with Crippen LogP contribution in [0.4, 0.5) is 11.5 Å². The summed E-state index contributed by atoms with van der Waals surface area (Å²) < 4.78 is 31.1. The number of hydrogen-bond acceptors (Lipinski definition) is 9. The van der Waals surface area contributed by atoms with Gasteiger partial charge in [-0.2, -0.15) is 5.26 Å². The summed E-state index contributed by atoms with van der Waals surface area (Å²) >= 11 is 0. The van der Waals surface area contributed by atoms with Crippen molar-refractivity contribution >= 4 is 27.2 Å². The summed E-state index contributed by atoms with van der Waals surface area (Å²) in [5.41, 5.74) is 2.71. The molecule has 11 heteroatoms. The summed E-state index contributed by atoms with van der Waals surface area (Å²) in [6.45, 7) is 7.50. The summed E-state index contributed by atoms with van der Waals surface area (Å²) in [5, 5.41) is 12.3. The average Bonchev–Trinajstić information content (AvgIpc) is 3.24. The number of rotatable bonds is 5. The molecule has 5 rings (SSSR count). The summed E-state index contributed by atoms with van der Waals surface area (Å²) in [5.74, 6) is 0.512. The number of pyridine rings is 1. The second-order valence-corrected chi connectivity index (χ2v) is 12.0. The lowest BCUT2D eigenvalue weighted by molar-refractivity contribution is 0.102. The van der Waals surface area contributed by atoms with Crippen LogP contribution >= 0.6 is 0 Å². The molecule has 1 amide bonds. The van der Waals surface area contributed by atoms with Gasteiger partial charge in [0, 0.05) is 42.5 Å². The third-order valence-electron chi connectivity index (χ3n) is 6.83. The number of amides is 1. The molecule has 3 aromatic rings. The first kappa shape index (κ1) is 25.8. The van der Waals surface area contributed by atoms with E-state index in [4.69, 9.17) is 9.72 Å². The molecule has 1 N–H and O–H groups in total. The molecular weight excluding hydrogens is 504 g/mol. The maximum Gasteiger partial charge on any atom is 0.255 e. The van der Waals surface area contributed by atoms with Crippen molar-refractivity contribution in [2.45, 2.75) is 37.5 Å². The van der Waals surface area contributed by atoms with Gasteiger partial charge in [-0.05, 0) is 50.6 Å². The number of aromatic nitrogens is 3. The summed E-state index contributed by atoms with van der Waals surface area (Å²) in [7, 11) is -3.46. The number of anilines is 2. The molecule has 1 fully saturated rings. The average molecular weight is 533 g/mol. The van der Waals surface area contributed by atoms with Crippen molar-refractivity contribution in [1.82, 2.24) is 15.0 Å². The Morgan fingerprint density at radius 1 is 1.16 bits per heavy atom. The highest BCUT2D eigenvalue weighted by atomic mass is 32.2. The molecule has 0 radical (unpaired) electrons. The molecular formula is C27H28N6O4S. The van der Waals surface area contributed by atoms with Crippen molar-refractivity contribution in [3.63, 3.8) is 0 Å². The quantitative estimate of drug-likeness (QED) is 0.525. The van der Waals surface area contributed by atoms with E-state index < -0.39 is 15.3 Å². The van der Waals surface area contributed by atoms with Gasteiger partial charge in [0.2, 0.25) is 0 Å². The SMILES string of the molecule is Cc1ccc(NC(=O)c2ccnc(C(C)(C)C#N)c2)cc1-c1nc2c(c(N3CCOCC3)n1)S(=O)(=O)CC2. The van der Waals surface area contributed by atoms with Gasteiger partial charge < -0.3 is 15.0 Å². The van der Waals surface area contributed by atoms with Crippen molar-refractivity contribution in [2.24, 2.45) is 0 Å². The molecule has 2 aliphatic heterocycles. The molecule has 4 heterocycles. The predicted octanol–water partition coefficient (Wildman–Crippen LogP) is 3.07. The highest BCUT2D eigenvalue weighted by Crippen LogP contribution is 2.36. The van der Waals surface area contributed by atoms with Crippen LogP contribution in [0.5, 0.6) is 0 Å². The Bertz CT molecular complexity index is 1570. The Labute approximate surface area is 221 Å². The van der Waals surface area contributed by atoms with Crippen LogP contribution in [0, 0.1) is 18.3 Å². The molecule has 38 heavy (non-hydrogen) atoms. The maximum absolute atomic E-state index is 13.1. The van der Waals surface area contributed by atoms with Crippen LogP contribution < -0.4 is 10.2 Å². The van der Waals surface area contributed by atoms with Crippen molar-refractivity contribution in [3.05, 3.63) is 59.0 Å². The minimum absolute atomic E-state index is 0.0173. The lowest BCUT2D eigenvalue weighted by Crippen LogP contribution is -2.37. The van der Waals surface area contributed by atoms with Crippen LogP contribution in [0.3, 0.4) is 0 Å². The number of carbonyl (C=O) groups is 1. The van der Waals surface area contributed by atoms with E-state index in [9.17, 15) is 18.5 Å². The largest absolute Gasteiger partial charge is 0.378 e. The number of nitrogens with zero attached hydrogens (tertiary/aromatic N) is 5. The first-order chi connectivity index (χ1) is 18.1. The smallest absolute Gasteiger partial charge is 0.255 e. The monoisotopic (exact) mass is 532 g/mol. The van der Waals surface area contributed by atoms with E-state index in [1.54, 1.807) is 38.1 Å². The van der Waals surface area contributed by atoms with Gasteiger partial charge in [0.25, 0.3) is 5.91 Å². The zero-order valence-corrected chi connectivity index (χ0v) is 22.3. The number of carbonyl (C=O) groups excluding carboxylic acids is 1. The van der Waals surface area contributed by atoms with Gasteiger partial charge in [0.15, 0.2) is 21.5 Å². The van der Waals surface area contributed by atoms with Crippen LogP contribution in [0.25, 0.3) is 11.4 Å². The zero-order valence-electron chi connectivity index (χ0n) is 21.5. The normalized spacial score (nSPS) is 16.5. The van der Waals surface area contributed by atoms with E-state index in [1.165, 1.54) is 6.20 Å². The number of hydrogen-bond donors (Lipinski definition) is 1. The lowest BCUT2D eigenvalue weighted by Gasteiger charge is -2.29. The van der Waals surface area contributed by atoms with Crippen LogP contribution in [-0.4, -0.2) is 61.3 Å². The van der Waals surface area contributed by atoms with Crippen molar-refractivity contribution in [3.8, 4) is 17.5 Å². The Kier molecular flexibility index (Phi) is 6.63.